The van der Waals surface area contributed by atoms with Gasteiger partial charge in [0.15, 0.2) is 0 Å². The number of carbonyl (C=O) groups is 1. The number of halogens is 5. The number of aliphatic imine (C=N–C) groups is 1. The molecule has 4 rings (SSSR count). The molecule has 2 aromatic rings. The lowest BCUT2D eigenvalue weighted by Crippen LogP contribution is -2.37. The number of benzene rings is 1. The Balaban J connectivity index is 1.65. The van der Waals surface area contributed by atoms with Crippen molar-refractivity contribution < 1.29 is 26.7 Å². The quantitative estimate of drug-likeness (QED) is 0.668. The molecule has 0 fully saturated rings. The van der Waals surface area contributed by atoms with Crippen LogP contribution < -0.4 is 5.32 Å². The number of rotatable bonds is 5. The Labute approximate surface area is 186 Å². The van der Waals surface area contributed by atoms with Gasteiger partial charge in [0.05, 0.1) is 23.2 Å². The molecule has 2 aliphatic rings. The maximum absolute atomic E-state index is 14.5. The maximum Gasteiger partial charge on any atom is 0.419 e. The number of hydrogen-bond donors (Lipinski definition) is 1. The van der Waals surface area contributed by atoms with Crippen LogP contribution >= 0.6 is 0 Å². The number of hydrogen-bond acceptors (Lipinski definition) is 4. The number of amides is 1. The first kappa shape index (κ1) is 22.6. The van der Waals surface area contributed by atoms with Crippen molar-refractivity contribution in [2.75, 3.05) is 13.2 Å². The second-order valence-electron chi connectivity index (χ2n) is 7.69. The third kappa shape index (κ3) is 4.50. The molecule has 2 aliphatic heterocycles. The van der Waals surface area contributed by atoms with Gasteiger partial charge in [-0.15, -0.1) is 0 Å². The van der Waals surface area contributed by atoms with Crippen molar-refractivity contribution in [3.63, 3.8) is 0 Å². The molecule has 3 heterocycles. The zero-order valence-corrected chi connectivity index (χ0v) is 17.4. The Morgan fingerprint density at radius 3 is 2.64 bits per heavy atom. The number of aromatic nitrogens is 1. The fourth-order valence-electron chi connectivity index (χ4n) is 3.77. The molecule has 5 nitrogen and oxygen atoms in total. The summed E-state index contributed by atoms with van der Waals surface area (Å²) < 4.78 is 67.0. The molecule has 0 radical (unpaired) electrons. The average Bonchev–Trinajstić information content (AvgIpc) is 3.21. The van der Waals surface area contributed by atoms with E-state index in [0.717, 1.165) is 11.6 Å². The van der Waals surface area contributed by atoms with Crippen molar-refractivity contribution in [1.82, 2.24) is 15.2 Å². The van der Waals surface area contributed by atoms with E-state index in [1.165, 1.54) is 13.0 Å². The van der Waals surface area contributed by atoms with Crippen molar-refractivity contribution in [3.8, 4) is 0 Å². The average molecular weight is 462 g/mol. The Bertz CT molecular complexity index is 1160. The van der Waals surface area contributed by atoms with Crippen LogP contribution in [0.4, 0.5) is 22.0 Å². The van der Waals surface area contributed by atoms with E-state index in [9.17, 15) is 26.7 Å². The van der Waals surface area contributed by atoms with Gasteiger partial charge in [-0.2, -0.15) is 13.2 Å². The molecule has 2 atom stereocenters. The molecule has 1 unspecified atom stereocenters. The molecule has 0 bridgehead atoms. The third-order valence-corrected chi connectivity index (χ3v) is 5.40. The van der Waals surface area contributed by atoms with Crippen molar-refractivity contribution >= 4 is 17.3 Å². The number of carbonyl (C=O) groups excluding carboxylic acids is 1. The summed E-state index contributed by atoms with van der Waals surface area (Å²) in [5.41, 5.74) is -0.183. The minimum Gasteiger partial charge on any atom is -0.345 e. The van der Waals surface area contributed by atoms with Gasteiger partial charge in [-0.05, 0) is 42.3 Å². The van der Waals surface area contributed by atoms with Crippen molar-refractivity contribution in [2.24, 2.45) is 4.99 Å². The number of nitrogens with zero attached hydrogens (tertiary/aromatic N) is 3. The van der Waals surface area contributed by atoms with E-state index in [-0.39, 0.29) is 23.5 Å². The van der Waals surface area contributed by atoms with Gasteiger partial charge in [-0.3, -0.25) is 14.8 Å². The van der Waals surface area contributed by atoms with Gasteiger partial charge < -0.3 is 10.2 Å². The van der Waals surface area contributed by atoms with Crippen molar-refractivity contribution in [1.29, 1.82) is 0 Å². The van der Waals surface area contributed by atoms with Crippen LogP contribution in [-0.4, -0.2) is 40.9 Å². The van der Waals surface area contributed by atoms with Crippen LogP contribution in [0.15, 0.2) is 65.6 Å². The topological polar surface area (TPSA) is 57.6 Å². The third-order valence-electron chi connectivity index (χ3n) is 5.40. The number of nitrogens with one attached hydrogen (secondary N) is 1. The minimum atomic E-state index is -4.86. The van der Waals surface area contributed by atoms with E-state index in [1.54, 1.807) is 41.7 Å². The van der Waals surface area contributed by atoms with E-state index in [2.05, 4.69) is 15.3 Å². The van der Waals surface area contributed by atoms with Crippen LogP contribution in [0.25, 0.3) is 5.57 Å². The lowest BCUT2D eigenvalue weighted by Gasteiger charge is -2.25. The number of pyridine rings is 1. The highest BCUT2D eigenvalue weighted by Crippen LogP contribution is 2.34. The summed E-state index contributed by atoms with van der Waals surface area (Å²) in [4.78, 5) is 23.0. The molecule has 1 N–H and O–H groups in total. The van der Waals surface area contributed by atoms with Crippen LogP contribution in [0.1, 0.15) is 29.7 Å². The first-order valence-corrected chi connectivity index (χ1v) is 10.1. The first-order valence-electron chi connectivity index (χ1n) is 10.1. The van der Waals surface area contributed by atoms with Crippen LogP contribution in [0.3, 0.4) is 0 Å². The van der Waals surface area contributed by atoms with E-state index >= 15 is 0 Å². The Kier molecular flexibility index (Phi) is 6.01. The monoisotopic (exact) mass is 462 g/mol. The van der Waals surface area contributed by atoms with Gasteiger partial charge in [0, 0.05) is 30.7 Å². The SMILES string of the molecule is C[C@@H](NC(=O)C1=CC(c2ccncc2)=CN2CC(CF)N=C12)c1cccc(C(F)(F)F)c1F. The lowest BCUT2D eigenvalue weighted by atomic mass is 9.99. The molecule has 0 saturated heterocycles. The summed E-state index contributed by atoms with van der Waals surface area (Å²) in [7, 11) is 0. The molecule has 1 amide bonds. The zero-order chi connectivity index (χ0) is 23.8. The smallest absolute Gasteiger partial charge is 0.345 e. The highest BCUT2D eigenvalue weighted by molar-refractivity contribution is 6.24. The second-order valence-corrected chi connectivity index (χ2v) is 7.69. The summed E-state index contributed by atoms with van der Waals surface area (Å²) in [6.07, 6.45) is 1.62. The first-order chi connectivity index (χ1) is 15.7. The molecule has 0 aliphatic carbocycles. The predicted molar refractivity (Wildman–Crippen MR) is 112 cm³/mol. The molecule has 0 saturated carbocycles. The van der Waals surface area contributed by atoms with Crippen molar-refractivity contribution in [3.05, 3.63) is 83.1 Å². The van der Waals surface area contributed by atoms with E-state index < -0.39 is 42.2 Å². The summed E-state index contributed by atoms with van der Waals surface area (Å²) in [6.45, 7) is 0.917. The Hall–Kier alpha value is -3.56. The summed E-state index contributed by atoms with van der Waals surface area (Å²) in [5, 5.41) is 2.55. The Morgan fingerprint density at radius 1 is 1.24 bits per heavy atom. The van der Waals surface area contributed by atoms with Gasteiger partial charge in [0.1, 0.15) is 18.3 Å². The normalized spacial score (nSPS) is 18.8. The van der Waals surface area contributed by atoms with Gasteiger partial charge in [0.2, 0.25) is 0 Å². The fraction of sp³-hybridized carbons (Fsp3) is 0.261. The highest BCUT2D eigenvalue weighted by Gasteiger charge is 2.36. The largest absolute Gasteiger partial charge is 0.419 e. The van der Waals surface area contributed by atoms with Crippen LogP contribution in [0, 0.1) is 5.82 Å². The summed E-state index contributed by atoms with van der Waals surface area (Å²) in [6, 6.07) is 4.68. The van der Waals surface area contributed by atoms with E-state index in [1.807, 2.05) is 0 Å². The highest BCUT2D eigenvalue weighted by atomic mass is 19.4. The molecule has 0 spiro atoms. The molecular weight excluding hydrogens is 443 g/mol. The maximum atomic E-state index is 14.5. The Morgan fingerprint density at radius 2 is 1.97 bits per heavy atom. The van der Waals surface area contributed by atoms with Crippen LogP contribution in [0.5, 0.6) is 0 Å². The minimum absolute atomic E-state index is 0.111. The number of amidine groups is 1. The molecule has 172 valence electrons. The van der Waals surface area contributed by atoms with Gasteiger partial charge in [-0.25, -0.2) is 8.78 Å². The van der Waals surface area contributed by atoms with Gasteiger partial charge >= 0.3 is 6.18 Å². The fourth-order valence-corrected chi connectivity index (χ4v) is 3.77. The second kappa shape index (κ2) is 8.76. The molecule has 10 heteroatoms. The van der Waals surface area contributed by atoms with Gasteiger partial charge in [0.25, 0.3) is 5.91 Å². The molecule has 33 heavy (non-hydrogen) atoms. The summed E-state index contributed by atoms with van der Waals surface area (Å²) in [5.74, 6) is -1.85. The molecular formula is C23H19F5N4O. The lowest BCUT2D eigenvalue weighted by molar-refractivity contribution is -0.140. The summed E-state index contributed by atoms with van der Waals surface area (Å²) >= 11 is 0. The van der Waals surface area contributed by atoms with Gasteiger partial charge in [-0.1, -0.05) is 12.1 Å². The van der Waals surface area contributed by atoms with Crippen LogP contribution in [0.2, 0.25) is 0 Å². The predicted octanol–water partition coefficient (Wildman–Crippen LogP) is 4.45. The number of alkyl halides is 4. The van der Waals surface area contributed by atoms with E-state index in [4.69, 9.17) is 0 Å². The number of fused-ring (bicyclic) bond motifs is 1. The van der Waals surface area contributed by atoms with E-state index in [0.29, 0.717) is 11.6 Å². The molecule has 1 aromatic carbocycles. The molecule has 1 aromatic heterocycles. The number of allylic oxidation sites excluding steroid dienone is 2. The van der Waals surface area contributed by atoms with Crippen molar-refractivity contribution in [2.45, 2.75) is 25.2 Å². The standard InChI is InChI=1S/C23H19F5N4O/c1-13(17-3-2-4-19(20(17)25)23(26,27)28)30-22(33)18-9-15(14-5-7-29-8-6-14)11-32-12-16(10-24)31-21(18)32/h2-9,11,13,16H,10,12H2,1H3,(H,30,33)/t13-,16?/m1/s1. The zero-order valence-electron chi connectivity index (χ0n) is 17.4. The van der Waals surface area contributed by atoms with Crippen LogP contribution in [-0.2, 0) is 11.0 Å².